The number of carbonyl (C=O) groups is 1. The molecule has 1 nitrogen and oxygen atoms in total. The first-order valence-corrected chi connectivity index (χ1v) is 7.22. The van der Waals surface area contributed by atoms with Crippen LogP contribution >= 0.6 is 15.9 Å². The highest BCUT2D eigenvalue weighted by Gasteiger charge is 2.21. The fraction of sp³-hybridized carbons (Fsp3) is 0.118. The lowest BCUT2D eigenvalue weighted by molar-refractivity contribution is 0.102. The van der Waals surface area contributed by atoms with Gasteiger partial charge in [0, 0.05) is 11.1 Å². The molecule has 0 saturated carbocycles. The number of ketones is 1. The number of aryl methyl sites for hydroxylation is 1. The first kappa shape index (κ1) is 13.3. The minimum Gasteiger partial charge on any atom is -0.289 e. The molecule has 0 fully saturated rings. The molecule has 100 valence electrons. The fourth-order valence-electron chi connectivity index (χ4n) is 2.46. The van der Waals surface area contributed by atoms with Crippen LogP contribution in [0.3, 0.4) is 0 Å². The maximum Gasteiger partial charge on any atom is 0.189 e. The van der Waals surface area contributed by atoms with Gasteiger partial charge in [-0.2, -0.15) is 0 Å². The Bertz CT molecular complexity index is 719. The molecule has 0 heterocycles. The molecular weight excluding hydrogens is 319 g/mol. The Morgan fingerprint density at radius 3 is 2.70 bits per heavy atom. The van der Waals surface area contributed by atoms with E-state index in [1.807, 2.05) is 30.3 Å². The number of fused-ring (bicyclic) bond motifs is 1. The summed E-state index contributed by atoms with van der Waals surface area (Å²) >= 11 is 3.16. The van der Waals surface area contributed by atoms with Crippen LogP contribution in [-0.4, -0.2) is 5.78 Å². The fourth-order valence-corrected chi connectivity index (χ4v) is 2.85. The summed E-state index contributed by atoms with van der Waals surface area (Å²) < 4.78 is 13.6. The maximum absolute atomic E-state index is 13.2. The summed E-state index contributed by atoms with van der Waals surface area (Å²) in [4.78, 5) is 12.4. The first-order chi connectivity index (χ1) is 9.65. The third-order valence-corrected chi connectivity index (χ3v) is 4.11. The van der Waals surface area contributed by atoms with E-state index in [9.17, 15) is 9.18 Å². The van der Waals surface area contributed by atoms with Gasteiger partial charge in [0.1, 0.15) is 5.82 Å². The molecule has 0 bridgehead atoms. The predicted octanol–water partition coefficient (Wildman–Crippen LogP) is 4.80. The van der Waals surface area contributed by atoms with Crippen LogP contribution in [0.5, 0.6) is 0 Å². The van der Waals surface area contributed by atoms with Crippen LogP contribution in [0.4, 0.5) is 4.39 Å². The molecule has 0 N–H and O–H groups in total. The summed E-state index contributed by atoms with van der Waals surface area (Å²) in [7, 11) is 0. The van der Waals surface area contributed by atoms with E-state index >= 15 is 0 Å². The first-order valence-electron chi connectivity index (χ1n) is 6.43. The van der Waals surface area contributed by atoms with Crippen molar-refractivity contribution >= 4 is 27.8 Å². The van der Waals surface area contributed by atoms with Gasteiger partial charge >= 0.3 is 0 Å². The number of benzene rings is 2. The van der Waals surface area contributed by atoms with Crippen LogP contribution < -0.4 is 0 Å². The van der Waals surface area contributed by atoms with E-state index in [-0.39, 0.29) is 11.6 Å². The molecule has 0 aliphatic heterocycles. The van der Waals surface area contributed by atoms with E-state index in [2.05, 4.69) is 15.9 Å². The molecule has 3 rings (SSSR count). The van der Waals surface area contributed by atoms with Gasteiger partial charge in [-0.05, 0) is 58.1 Å². The highest BCUT2D eigenvalue weighted by molar-refractivity contribution is 9.10. The molecule has 1 aliphatic rings. The van der Waals surface area contributed by atoms with Gasteiger partial charge in [0.2, 0.25) is 0 Å². The largest absolute Gasteiger partial charge is 0.289 e. The lowest BCUT2D eigenvalue weighted by Crippen LogP contribution is -2.13. The van der Waals surface area contributed by atoms with Crippen molar-refractivity contribution in [2.24, 2.45) is 0 Å². The number of Topliss-reactive ketones (excluding diaryl/α,β-unsaturated/α-hetero) is 1. The number of hydrogen-bond acceptors (Lipinski definition) is 1. The van der Waals surface area contributed by atoms with E-state index in [0.717, 1.165) is 35.1 Å². The van der Waals surface area contributed by atoms with E-state index < -0.39 is 0 Å². The molecule has 0 radical (unpaired) electrons. The Hall–Kier alpha value is -1.74. The van der Waals surface area contributed by atoms with Crippen LogP contribution in [0.1, 0.15) is 27.9 Å². The predicted molar refractivity (Wildman–Crippen MR) is 81.2 cm³/mol. The second-order valence-corrected chi connectivity index (χ2v) is 5.68. The Balaban J connectivity index is 1.97. The minimum atomic E-state index is -0.299. The van der Waals surface area contributed by atoms with Crippen molar-refractivity contribution < 1.29 is 9.18 Å². The molecular formula is C17H12BrFO. The van der Waals surface area contributed by atoms with Crippen molar-refractivity contribution in [3.63, 3.8) is 0 Å². The summed E-state index contributed by atoms with van der Waals surface area (Å²) in [6.07, 6.45) is 3.45. The van der Waals surface area contributed by atoms with Crippen molar-refractivity contribution in [2.75, 3.05) is 0 Å². The summed E-state index contributed by atoms with van der Waals surface area (Å²) in [5.41, 5.74) is 3.50. The highest BCUT2D eigenvalue weighted by atomic mass is 79.9. The van der Waals surface area contributed by atoms with Crippen LogP contribution in [0.2, 0.25) is 0 Å². The SMILES string of the molecule is O=C1/C(=C/c2ccc(F)c(Br)c2)CCc2ccccc21. The van der Waals surface area contributed by atoms with E-state index in [1.165, 1.54) is 6.07 Å². The van der Waals surface area contributed by atoms with Gasteiger partial charge < -0.3 is 0 Å². The Morgan fingerprint density at radius 2 is 1.90 bits per heavy atom. The molecule has 0 aromatic heterocycles. The van der Waals surface area contributed by atoms with Gasteiger partial charge in [0.05, 0.1) is 4.47 Å². The van der Waals surface area contributed by atoms with Crippen molar-refractivity contribution in [1.29, 1.82) is 0 Å². The highest BCUT2D eigenvalue weighted by Crippen LogP contribution is 2.27. The van der Waals surface area contributed by atoms with Gasteiger partial charge in [0.25, 0.3) is 0 Å². The molecule has 20 heavy (non-hydrogen) atoms. The summed E-state index contributed by atoms with van der Waals surface area (Å²) in [6, 6.07) is 12.5. The third kappa shape index (κ3) is 2.46. The molecule has 0 unspecified atom stereocenters. The average Bonchev–Trinajstić information content (AvgIpc) is 2.46. The molecule has 0 saturated heterocycles. The third-order valence-electron chi connectivity index (χ3n) is 3.50. The number of carbonyl (C=O) groups excluding carboxylic acids is 1. The van der Waals surface area contributed by atoms with Crippen LogP contribution in [0.25, 0.3) is 6.08 Å². The molecule has 0 amide bonds. The van der Waals surface area contributed by atoms with Gasteiger partial charge in [-0.3, -0.25) is 4.79 Å². The van der Waals surface area contributed by atoms with E-state index in [4.69, 9.17) is 0 Å². The lowest BCUT2D eigenvalue weighted by atomic mass is 9.86. The van der Waals surface area contributed by atoms with E-state index in [1.54, 1.807) is 12.1 Å². The van der Waals surface area contributed by atoms with E-state index in [0.29, 0.717) is 4.47 Å². The maximum atomic E-state index is 13.2. The second-order valence-electron chi connectivity index (χ2n) is 4.83. The lowest BCUT2D eigenvalue weighted by Gasteiger charge is -2.17. The number of allylic oxidation sites excluding steroid dienone is 1. The summed E-state index contributed by atoms with van der Waals surface area (Å²) in [6.45, 7) is 0. The van der Waals surface area contributed by atoms with Gasteiger partial charge in [-0.1, -0.05) is 30.3 Å². The van der Waals surface area contributed by atoms with Crippen molar-refractivity contribution in [3.8, 4) is 0 Å². The normalized spacial score (nSPS) is 16.3. The molecule has 2 aromatic rings. The van der Waals surface area contributed by atoms with Crippen molar-refractivity contribution in [3.05, 3.63) is 75.0 Å². The molecule has 0 spiro atoms. The molecule has 3 heteroatoms. The molecule has 0 atom stereocenters. The summed E-state index contributed by atoms with van der Waals surface area (Å²) in [5.74, 6) is -0.222. The Morgan fingerprint density at radius 1 is 1.10 bits per heavy atom. The number of hydrogen-bond donors (Lipinski definition) is 0. The van der Waals surface area contributed by atoms with Gasteiger partial charge in [-0.15, -0.1) is 0 Å². The minimum absolute atomic E-state index is 0.0762. The van der Waals surface area contributed by atoms with Crippen LogP contribution in [0.15, 0.2) is 52.5 Å². The molecule has 1 aliphatic carbocycles. The summed E-state index contributed by atoms with van der Waals surface area (Å²) in [5, 5.41) is 0. The Kier molecular flexibility index (Phi) is 3.53. The zero-order valence-electron chi connectivity index (χ0n) is 10.7. The van der Waals surface area contributed by atoms with Crippen LogP contribution in [0, 0.1) is 5.82 Å². The zero-order valence-corrected chi connectivity index (χ0v) is 12.3. The average molecular weight is 331 g/mol. The monoisotopic (exact) mass is 330 g/mol. The Labute approximate surface area is 125 Å². The van der Waals surface area contributed by atoms with Gasteiger partial charge in [-0.25, -0.2) is 4.39 Å². The quantitative estimate of drug-likeness (QED) is 0.686. The number of rotatable bonds is 1. The smallest absolute Gasteiger partial charge is 0.189 e. The topological polar surface area (TPSA) is 17.1 Å². The standard InChI is InChI=1S/C17H12BrFO/c18-15-10-11(5-8-16(15)19)9-13-7-6-12-3-1-2-4-14(12)17(13)20/h1-5,8-10H,6-7H2/b13-9+. The zero-order chi connectivity index (χ0) is 14.1. The van der Waals surface area contributed by atoms with Crippen molar-refractivity contribution in [1.82, 2.24) is 0 Å². The van der Waals surface area contributed by atoms with Crippen LogP contribution in [-0.2, 0) is 6.42 Å². The van der Waals surface area contributed by atoms with Gasteiger partial charge in [0.15, 0.2) is 5.78 Å². The van der Waals surface area contributed by atoms with Crippen molar-refractivity contribution in [2.45, 2.75) is 12.8 Å². The number of halogens is 2. The molecule has 2 aromatic carbocycles. The second kappa shape index (κ2) is 5.33.